The van der Waals surface area contributed by atoms with Crippen LogP contribution in [0.4, 0.5) is 0 Å². The van der Waals surface area contributed by atoms with E-state index in [9.17, 15) is 9.90 Å². The quantitative estimate of drug-likeness (QED) is 0.740. The first-order valence-corrected chi connectivity index (χ1v) is 10.0. The third-order valence-electron chi connectivity index (χ3n) is 6.26. The van der Waals surface area contributed by atoms with Crippen LogP contribution in [0.1, 0.15) is 51.0 Å². The predicted octanol–water partition coefficient (Wildman–Crippen LogP) is 1.26. The summed E-state index contributed by atoms with van der Waals surface area (Å²) in [5, 5.41) is 14.4. The number of hydrogen-bond acceptors (Lipinski definition) is 3. The van der Waals surface area contributed by atoms with Gasteiger partial charge in [-0.15, -0.1) is 0 Å². The molecule has 5 heteroatoms. The minimum Gasteiger partial charge on any atom is -0.496 e. The summed E-state index contributed by atoms with van der Waals surface area (Å²) >= 11 is 0. The molecule has 1 aliphatic heterocycles. The van der Waals surface area contributed by atoms with Crippen molar-refractivity contribution in [1.82, 2.24) is 5.32 Å². The molecule has 2 aliphatic rings. The van der Waals surface area contributed by atoms with Crippen molar-refractivity contribution in [3.05, 3.63) is 29.8 Å². The SMILES string of the molecule is COc1ccccc1C1(O)CC[NH+](CC(=O)N[C@H]2CCCC[C@@H]2C)CC1. The summed E-state index contributed by atoms with van der Waals surface area (Å²) in [6.45, 7) is 4.33. The third kappa shape index (κ3) is 4.38. The minimum absolute atomic E-state index is 0.154. The number of hydrogen-bond donors (Lipinski definition) is 3. The number of carbonyl (C=O) groups excluding carboxylic acids is 1. The lowest BCUT2D eigenvalue weighted by molar-refractivity contribution is -0.900. The Hall–Kier alpha value is -1.59. The van der Waals surface area contributed by atoms with Crippen LogP contribution < -0.4 is 15.0 Å². The second kappa shape index (κ2) is 8.40. The number of likely N-dealkylation sites (tertiary alicyclic amines) is 1. The Morgan fingerprint density at radius 1 is 1.27 bits per heavy atom. The van der Waals surface area contributed by atoms with Gasteiger partial charge in [-0.05, 0) is 24.8 Å². The summed E-state index contributed by atoms with van der Waals surface area (Å²) in [7, 11) is 1.64. The Labute approximate surface area is 156 Å². The number of nitrogens with one attached hydrogen (secondary N) is 2. The molecule has 0 aromatic heterocycles. The monoisotopic (exact) mass is 361 g/mol. The van der Waals surface area contributed by atoms with Gasteiger partial charge in [-0.25, -0.2) is 0 Å². The number of carbonyl (C=O) groups is 1. The average Bonchev–Trinajstić information content (AvgIpc) is 2.65. The van der Waals surface area contributed by atoms with Crippen molar-refractivity contribution >= 4 is 5.91 Å². The van der Waals surface area contributed by atoms with Gasteiger partial charge in [0, 0.05) is 24.4 Å². The molecule has 144 valence electrons. The van der Waals surface area contributed by atoms with Gasteiger partial charge in [-0.1, -0.05) is 38.0 Å². The molecule has 0 radical (unpaired) electrons. The molecule has 2 atom stereocenters. The van der Waals surface area contributed by atoms with Gasteiger partial charge >= 0.3 is 0 Å². The maximum absolute atomic E-state index is 12.4. The Morgan fingerprint density at radius 2 is 1.96 bits per heavy atom. The molecule has 1 saturated heterocycles. The molecular weight excluding hydrogens is 328 g/mol. The normalized spacial score (nSPS) is 32.0. The highest BCUT2D eigenvalue weighted by Crippen LogP contribution is 2.35. The zero-order valence-electron chi connectivity index (χ0n) is 16.1. The van der Waals surface area contributed by atoms with Crippen LogP contribution in [0.3, 0.4) is 0 Å². The molecule has 3 N–H and O–H groups in total. The predicted molar refractivity (Wildman–Crippen MR) is 101 cm³/mol. The molecule has 0 bridgehead atoms. The van der Waals surface area contributed by atoms with E-state index < -0.39 is 5.60 Å². The summed E-state index contributed by atoms with van der Waals surface area (Å²) < 4.78 is 5.42. The summed E-state index contributed by atoms with van der Waals surface area (Å²) in [6.07, 6.45) is 6.12. The van der Waals surface area contributed by atoms with Gasteiger partial charge in [0.25, 0.3) is 5.91 Å². The molecule has 1 heterocycles. The zero-order valence-corrected chi connectivity index (χ0v) is 16.1. The van der Waals surface area contributed by atoms with Gasteiger partial charge in [-0.3, -0.25) is 4.79 Å². The fourth-order valence-corrected chi connectivity index (χ4v) is 4.51. The van der Waals surface area contributed by atoms with Crippen molar-refractivity contribution in [1.29, 1.82) is 0 Å². The molecule has 26 heavy (non-hydrogen) atoms. The summed E-state index contributed by atoms with van der Waals surface area (Å²) in [5.74, 6) is 1.48. The van der Waals surface area contributed by atoms with Crippen LogP contribution in [0, 0.1) is 5.92 Å². The molecule has 2 fully saturated rings. The van der Waals surface area contributed by atoms with E-state index >= 15 is 0 Å². The van der Waals surface area contributed by atoms with Crippen LogP contribution in [-0.2, 0) is 10.4 Å². The van der Waals surface area contributed by atoms with Crippen LogP contribution >= 0.6 is 0 Å². The summed E-state index contributed by atoms with van der Waals surface area (Å²) in [6, 6.07) is 8.04. The first-order valence-electron chi connectivity index (χ1n) is 10.0. The molecule has 3 rings (SSSR count). The second-order valence-electron chi connectivity index (χ2n) is 8.09. The Bertz CT molecular complexity index is 611. The molecule has 1 aliphatic carbocycles. The Kier molecular flexibility index (Phi) is 6.20. The number of para-hydroxylation sites is 1. The van der Waals surface area contributed by atoms with Gasteiger partial charge < -0.3 is 20.1 Å². The van der Waals surface area contributed by atoms with Gasteiger partial charge in [0.2, 0.25) is 0 Å². The van der Waals surface area contributed by atoms with Crippen LogP contribution in [-0.4, -0.2) is 43.8 Å². The second-order valence-corrected chi connectivity index (χ2v) is 8.09. The Balaban J connectivity index is 1.52. The highest BCUT2D eigenvalue weighted by molar-refractivity contribution is 5.77. The van der Waals surface area contributed by atoms with Crippen molar-refractivity contribution in [2.75, 3.05) is 26.7 Å². The first-order chi connectivity index (χ1) is 12.5. The number of methoxy groups -OCH3 is 1. The van der Waals surface area contributed by atoms with Gasteiger partial charge in [0.15, 0.2) is 6.54 Å². The van der Waals surface area contributed by atoms with Crippen molar-refractivity contribution in [3.8, 4) is 5.75 Å². The molecule has 1 saturated carbocycles. The number of aliphatic hydroxyl groups is 1. The van der Waals surface area contributed by atoms with Crippen molar-refractivity contribution in [2.45, 2.75) is 57.1 Å². The number of amides is 1. The molecule has 1 amide bonds. The molecule has 1 aromatic rings. The van der Waals surface area contributed by atoms with E-state index in [-0.39, 0.29) is 5.91 Å². The van der Waals surface area contributed by atoms with Crippen molar-refractivity contribution in [2.24, 2.45) is 5.92 Å². The standard InChI is InChI=1S/C21H32N2O3/c1-16-7-3-5-9-18(16)22-20(24)15-23-13-11-21(25,12-14-23)17-8-4-6-10-19(17)26-2/h4,6,8,10,16,18,25H,3,5,7,9,11-15H2,1-2H3,(H,22,24)/p+1/t16-,18-/m0/s1. The smallest absolute Gasteiger partial charge is 0.275 e. The van der Waals surface area contributed by atoms with Gasteiger partial charge in [-0.2, -0.15) is 0 Å². The number of rotatable bonds is 5. The third-order valence-corrected chi connectivity index (χ3v) is 6.26. The molecule has 0 spiro atoms. The summed E-state index contributed by atoms with van der Waals surface area (Å²) in [5.41, 5.74) is 0.00631. The average molecular weight is 362 g/mol. The van der Waals surface area contributed by atoms with E-state index in [1.807, 2.05) is 24.3 Å². The molecule has 5 nitrogen and oxygen atoms in total. The van der Waals surface area contributed by atoms with E-state index in [2.05, 4.69) is 12.2 Å². The lowest BCUT2D eigenvalue weighted by Gasteiger charge is -2.37. The number of piperidine rings is 1. The number of benzene rings is 1. The van der Waals surface area contributed by atoms with Crippen LogP contribution in [0.5, 0.6) is 5.75 Å². The Morgan fingerprint density at radius 3 is 2.65 bits per heavy atom. The van der Waals surface area contributed by atoms with Gasteiger partial charge in [0.05, 0.1) is 20.2 Å². The molecule has 0 unspecified atom stereocenters. The summed E-state index contributed by atoms with van der Waals surface area (Å²) in [4.78, 5) is 13.7. The van der Waals surface area contributed by atoms with E-state index in [0.717, 1.165) is 30.8 Å². The van der Waals surface area contributed by atoms with Crippen LogP contribution in [0.2, 0.25) is 0 Å². The van der Waals surface area contributed by atoms with Crippen molar-refractivity contribution in [3.63, 3.8) is 0 Å². The zero-order chi connectivity index (χ0) is 18.6. The fraction of sp³-hybridized carbons (Fsp3) is 0.667. The van der Waals surface area contributed by atoms with Crippen molar-refractivity contribution < 1.29 is 19.5 Å². The van der Waals surface area contributed by atoms with E-state index in [1.54, 1.807) is 7.11 Å². The van der Waals surface area contributed by atoms with E-state index in [0.29, 0.717) is 31.3 Å². The molecular formula is C21H33N2O3+. The van der Waals surface area contributed by atoms with E-state index in [1.165, 1.54) is 24.2 Å². The maximum Gasteiger partial charge on any atom is 0.275 e. The largest absolute Gasteiger partial charge is 0.496 e. The van der Waals surface area contributed by atoms with Gasteiger partial charge in [0.1, 0.15) is 11.4 Å². The highest BCUT2D eigenvalue weighted by atomic mass is 16.5. The first kappa shape index (κ1) is 19.2. The number of quaternary nitrogens is 1. The van der Waals surface area contributed by atoms with Crippen LogP contribution in [0.15, 0.2) is 24.3 Å². The maximum atomic E-state index is 12.4. The van der Waals surface area contributed by atoms with Crippen LogP contribution in [0.25, 0.3) is 0 Å². The topological polar surface area (TPSA) is 63.0 Å². The lowest BCUT2D eigenvalue weighted by atomic mass is 9.84. The number of ether oxygens (including phenoxy) is 1. The minimum atomic E-state index is -0.857. The molecule has 1 aromatic carbocycles. The lowest BCUT2D eigenvalue weighted by Crippen LogP contribution is -3.14. The fourth-order valence-electron chi connectivity index (χ4n) is 4.51. The van der Waals surface area contributed by atoms with E-state index in [4.69, 9.17) is 4.74 Å². The highest BCUT2D eigenvalue weighted by Gasteiger charge is 2.38.